The van der Waals surface area contributed by atoms with Gasteiger partial charge in [-0.25, -0.2) is 4.79 Å². The lowest BCUT2D eigenvalue weighted by Gasteiger charge is -2.71. The summed E-state index contributed by atoms with van der Waals surface area (Å²) in [6, 6.07) is 8.28. The Morgan fingerprint density at radius 3 is 2.33 bits per heavy atom. The lowest BCUT2D eigenvalue weighted by molar-refractivity contribution is -0.217. The van der Waals surface area contributed by atoms with Gasteiger partial charge in [0.1, 0.15) is 5.60 Å². The number of allylic oxidation sites excluding steroid dienone is 2. The van der Waals surface area contributed by atoms with Crippen LogP contribution in [0.15, 0.2) is 30.3 Å². The molecular weight excluding hydrogens is 603 g/mol. The second-order valence-electron chi connectivity index (χ2n) is 19.6. The zero-order chi connectivity index (χ0) is 34.8. The Hall–Kier alpha value is -1.69. The molecule has 9 atom stereocenters. The number of likely N-dealkylation sites (N-methyl/N-ethyl adjacent to an activating group) is 1. The summed E-state index contributed by atoms with van der Waals surface area (Å²) in [5.41, 5.74) is 4.71. The zero-order valence-corrected chi connectivity index (χ0v) is 32.5. The van der Waals surface area contributed by atoms with Crippen LogP contribution in [0.3, 0.4) is 0 Å². The van der Waals surface area contributed by atoms with E-state index in [1.165, 1.54) is 115 Å². The number of nitrogens with zero attached hydrogens (tertiary/aromatic N) is 2. The third-order valence-electron chi connectivity index (χ3n) is 16.3. The fraction of sp³-hybridized carbons (Fsp3) is 0.795. The Balaban J connectivity index is 1.04. The summed E-state index contributed by atoms with van der Waals surface area (Å²) >= 11 is 0. The molecule has 4 saturated carbocycles. The highest BCUT2D eigenvalue weighted by atomic mass is 16.6. The number of piperazine rings is 1. The molecule has 1 N–H and O–H groups in total. The van der Waals surface area contributed by atoms with E-state index in [2.05, 4.69) is 68.1 Å². The summed E-state index contributed by atoms with van der Waals surface area (Å²) in [7, 11) is 2.26. The first kappa shape index (κ1) is 35.7. The van der Waals surface area contributed by atoms with Gasteiger partial charge in [0.2, 0.25) is 0 Å². The Morgan fingerprint density at radius 2 is 1.61 bits per heavy atom. The third kappa shape index (κ3) is 6.18. The Kier molecular flexibility index (Phi) is 9.52. The van der Waals surface area contributed by atoms with Crippen LogP contribution in [0.4, 0.5) is 0 Å². The number of nitrogens with one attached hydrogen (secondary N) is 1. The van der Waals surface area contributed by atoms with E-state index in [9.17, 15) is 4.79 Å². The predicted molar refractivity (Wildman–Crippen MR) is 202 cm³/mol. The second kappa shape index (κ2) is 13.1. The topological polar surface area (TPSA) is 44.8 Å². The molecule has 8 unspecified atom stereocenters. The van der Waals surface area contributed by atoms with Crippen molar-refractivity contribution < 1.29 is 9.53 Å². The average Bonchev–Trinajstić information content (AvgIpc) is 3.48. The summed E-state index contributed by atoms with van der Waals surface area (Å²) in [5, 5.41) is 4.05. The Morgan fingerprint density at radius 1 is 0.878 bits per heavy atom. The van der Waals surface area contributed by atoms with Gasteiger partial charge in [0.05, 0.1) is 5.56 Å². The maximum Gasteiger partial charge on any atom is 0.338 e. The molecule has 5 aliphatic carbocycles. The van der Waals surface area contributed by atoms with Crippen molar-refractivity contribution in [3.8, 4) is 0 Å². The molecule has 5 fully saturated rings. The molecule has 7 rings (SSSR count). The summed E-state index contributed by atoms with van der Waals surface area (Å²) in [4.78, 5) is 17.8. The minimum Gasteiger partial charge on any atom is -0.456 e. The van der Waals surface area contributed by atoms with Crippen LogP contribution < -0.4 is 5.32 Å². The van der Waals surface area contributed by atoms with E-state index in [1.54, 1.807) is 0 Å². The molecule has 5 nitrogen and oxygen atoms in total. The van der Waals surface area contributed by atoms with Crippen LogP contribution in [0.1, 0.15) is 129 Å². The average molecular weight is 672 g/mol. The van der Waals surface area contributed by atoms with Crippen molar-refractivity contribution in [3.05, 3.63) is 41.5 Å². The van der Waals surface area contributed by atoms with Gasteiger partial charge < -0.3 is 15.0 Å². The number of hydrogen-bond acceptors (Lipinski definition) is 5. The molecule has 0 bridgehead atoms. The molecule has 0 amide bonds. The van der Waals surface area contributed by atoms with Gasteiger partial charge in [-0.2, -0.15) is 0 Å². The number of fused-ring (bicyclic) bond motifs is 7. The first-order valence-electron chi connectivity index (χ1n) is 20.3. The summed E-state index contributed by atoms with van der Waals surface area (Å²) in [5.74, 6) is 3.61. The van der Waals surface area contributed by atoms with Gasteiger partial charge >= 0.3 is 5.97 Å². The van der Waals surface area contributed by atoms with E-state index in [4.69, 9.17) is 4.74 Å². The van der Waals surface area contributed by atoms with Gasteiger partial charge in [-0.15, -0.1) is 0 Å². The second-order valence-corrected chi connectivity index (χ2v) is 19.6. The summed E-state index contributed by atoms with van der Waals surface area (Å²) < 4.78 is 5.63. The SMILES string of the molecule is CC1C(c2ccc(C(=O)OC(C)(C)C)cc2)=CCC2(C)C1CCC1(C)C2CCC2C3CCCC3(CNCCN3CCN(C)CC3)CC[C@]21C. The maximum atomic E-state index is 12.7. The number of benzene rings is 1. The quantitative estimate of drug-likeness (QED) is 0.232. The molecular formula is C44H69N3O2. The van der Waals surface area contributed by atoms with Crippen LogP contribution >= 0.6 is 0 Å². The summed E-state index contributed by atoms with van der Waals surface area (Å²) in [6.07, 6.45) is 16.7. The van der Waals surface area contributed by atoms with Crippen molar-refractivity contribution in [2.24, 2.45) is 51.2 Å². The first-order chi connectivity index (χ1) is 23.2. The minimum atomic E-state index is -0.480. The minimum absolute atomic E-state index is 0.233. The first-order valence-corrected chi connectivity index (χ1v) is 20.3. The molecule has 1 heterocycles. The number of hydrogen-bond donors (Lipinski definition) is 1. The van der Waals surface area contributed by atoms with E-state index in [1.807, 2.05) is 32.9 Å². The van der Waals surface area contributed by atoms with Gasteiger partial charge in [0, 0.05) is 45.8 Å². The normalized spacial score (nSPS) is 41.2. The van der Waals surface area contributed by atoms with Crippen LogP contribution in [0.25, 0.3) is 5.57 Å². The van der Waals surface area contributed by atoms with E-state index < -0.39 is 5.60 Å². The fourth-order valence-electron chi connectivity index (χ4n) is 13.4. The Bertz CT molecular complexity index is 1390. The molecule has 0 aromatic heterocycles. The number of ether oxygens (including phenoxy) is 1. The van der Waals surface area contributed by atoms with Crippen LogP contribution in [0, 0.1) is 51.2 Å². The number of rotatable bonds is 7. The highest BCUT2D eigenvalue weighted by Gasteiger charge is 2.68. The standard InChI is InChI=1S/C44H69N3O2/c1-31-34(32-11-13-33(14-12-32)39(48)49-40(2,3)4)17-20-41(5)35(31)18-21-43(7)38(41)16-15-36-37-10-9-19-44(37,23-22-42(36,43)6)30-45-24-25-47-28-26-46(8)27-29-47/h11-14,17,31,35-38,45H,9-10,15-16,18-30H2,1-8H3/t31?,35?,36?,37?,38?,41?,42-,43?,44?/m1/s1. The molecule has 1 aromatic rings. The van der Waals surface area contributed by atoms with E-state index in [0.717, 1.165) is 30.2 Å². The molecule has 0 radical (unpaired) electrons. The number of carbonyl (C=O) groups excluding carboxylic acids is 1. The van der Waals surface area contributed by atoms with Gasteiger partial charge in [0.25, 0.3) is 0 Å². The number of carbonyl (C=O) groups is 1. The largest absolute Gasteiger partial charge is 0.456 e. The van der Waals surface area contributed by atoms with Crippen molar-refractivity contribution in [2.45, 2.75) is 118 Å². The van der Waals surface area contributed by atoms with Gasteiger partial charge in [-0.3, -0.25) is 4.90 Å². The van der Waals surface area contributed by atoms with Crippen LogP contribution in [-0.4, -0.2) is 74.2 Å². The van der Waals surface area contributed by atoms with Crippen molar-refractivity contribution in [2.75, 3.05) is 52.9 Å². The van der Waals surface area contributed by atoms with Gasteiger partial charge in [0.15, 0.2) is 0 Å². The van der Waals surface area contributed by atoms with Crippen molar-refractivity contribution in [1.29, 1.82) is 0 Å². The number of esters is 1. The molecule has 1 saturated heterocycles. The smallest absolute Gasteiger partial charge is 0.338 e. The lowest BCUT2D eigenvalue weighted by atomic mass is 9.33. The Labute approximate surface area is 299 Å². The van der Waals surface area contributed by atoms with E-state index >= 15 is 0 Å². The fourth-order valence-corrected chi connectivity index (χ4v) is 13.4. The molecule has 49 heavy (non-hydrogen) atoms. The van der Waals surface area contributed by atoms with Crippen LogP contribution in [0.5, 0.6) is 0 Å². The van der Waals surface area contributed by atoms with E-state index in [0.29, 0.717) is 33.1 Å². The van der Waals surface area contributed by atoms with E-state index in [-0.39, 0.29) is 5.97 Å². The monoisotopic (exact) mass is 672 g/mol. The van der Waals surface area contributed by atoms with Crippen molar-refractivity contribution in [1.82, 2.24) is 15.1 Å². The van der Waals surface area contributed by atoms with Gasteiger partial charge in [-0.05, 0) is 160 Å². The highest BCUT2D eigenvalue weighted by Crippen LogP contribution is 2.76. The molecule has 1 aliphatic heterocycles. The lowest BCUT2D eigenvalue weighted by Crippen LogP contribution is -2.64. The molecule has 5 heteroatoms. The predicted octanol–water partition coefficient (Wildman–Crippen LogP) is 8.94. The van der Waals surface area contributed by atoms with Crippen molar-refractivity contribution in [3.63, 3.8) is 0 Å². The third-order valence-corrected chi connectivity index (χ3v) is 16.3. The van der Waals surface area contributed by atoms with Crippen LogP contribution in [0.2, 0.25) is 0 Å². The zero-order valence-electron chi connectivity index (χ0n) is 32.5. The van der Waals surface area contributed by atoms with Crippen LogP contribution in [-0.2, 0) is 4.74 Å². The van der Waals surface area contributed by atoms with Crippen molar-refractivity contribution >= 4 is 11.5 Å². The van der Waals surface area contributed by atoms with Gasteiger partial charge in [-0.1, -0.05) is 52.3 Å². The molecule has 272 valence electrons. The summed E-state index contributed by atoms with van der Waals surface area (Å²) in [6.45, 7) is 25.1. The molecule has 0 spiro atoms. The maximum absolute atomic E-state index is 12.7. The molecule has 1 aromatic carbocycles. The highest BCUT2D eigenvalue weighted by molar-refractivity contribution is 5.90. The molecule has 6 aliphatic rings.